The number of hydrogen-bond acceptors (Lipinski definition) is 5. The van der Waals surface area contributed by atoms with E-state index < -0.39 is 11.0 Å². The fourth-order valence-corrected chi connectivity index (χ4v) is 5.91. The van der Waals surface area contributed by atoms with E-state index in [0.29, 0.717) is 25.4 Å². The summed E-state index contributed by atoms with van der Waals surface area (Å²) in [4.78, 5) is 38.6. The predicted molar refractivity (Wildman–Crippen MR) is 168 cm³/mol. The third-order valence-electron chi connectivity index (χ3n) is 8.40. The van der Waals surface area contributed by atoms with Crippen LogP contribution in [0.25, 0.3) is 11.3 Å². The molecule has 7 heteroatoms. The van der Waals surface area contributed by atoms with Gasteiger partial charge in [0.2, 0.25) is 5.91 Å². The van der Waals surface area contributed by atoms with E-state index in [1.807, 2.05) is 87.5 Å². The lowest BCUT2D eigenvalue weighted by Crippen LogP contribution is -2.33. The summed E-state index contributed by atoms with van der Waals surface area (Å²) in [6.07, 6.45) is 10.6. The van der Waals surface area contributed by atoms with Crippen LogP contribution in [-0.4, -0.2) is 33.8 Å². The van der Waals surface area contributed by atoms with Gasteiger partial charge in [-0.2, -0.15) is 5.10 Å². The van der Waals surface area contributed by atoms with Crippen molar-refractivity contribution in [1.82, 2.24) is 15.1 Å². The van der Waals surface area contributed by atoms with Gasteiger partial charge in [-0.15, -0.1) is 0 Å². The molecule has 5 rings (SSSR count). The Labute approximate surface area is 254 Å². The number of nitrogens with one attached hydrogen (secondary N) is 1. The second kappa shape index (κ2) is 13.1. The van der Waals surface area contributed by atoms with Crippen molar-refractivity contribution in [3.05, 3.63) is 100 Å². The quantitative estimate of drug-likeness (QED) is 0.160. The van der Waals surface area contributed by atoms with E-state index in [0.717, 1.165) is 60.9 Å². The average molecular weight is 582 g/mol. The van der Waals surface area contributed by atoms with Crippen molar-refractivity contribution in [2.75, 3.05) is 6.54 Å². The molecule has 43 heavy (non-hydrogen) atoms. The van der Waals surface area contributed by atoms with Crippen molar-refractivity contribution in [3.63, 3.8) is 0 Å². The number of ether oxygens (including phenoxy) is 1. The molecule has 2 aromatic carbocycles. The largest absolute Gasteiger partial charge is 0.459 e. The Hall–Kier alpha value is -4.00. The van der Waals surface area contributed by atoms with E-state index in [-0.39, 0.29) is 23.4 Å². The number of amides is 1. The molecule has 1 heterocycles. The smallest absolute Gasteiger partial charge is 0.316 e. The topological polar surface area (TPSA) is 90.3 Å². The van der Waals surface area contributed by atoms with Crippen LogP contribution in [0.3, 0.4) is 0 Å². The highest BCUT2D eigenvalue weighted by Gasteiger charge is 2.50. The van der Waals surface area contributed by atoms with Gasteiger partial charge in [-0.1, -0.05) is 79.6 Å². The van der Waals surface area contributed by atoms with Crippen LogP contribution in [0.1, 0.15) is 82.8 Å². The fourth-order valence-electron chi connectivity index (χ4n) is 5.91. The Bertz CT molecular complexity index is 1490. The average Bonchev–Trinajstić information content (AvgIpc) is 3.59. The van der Waals surface area contributed by atoms with Gasteiger partial charge in [0.15, 0.2) is 0 Å². The minimum Gasteiger partial charge on any atom is -0.459 e. The van der Waals surface area contributed by atoms with Gasteiger partial charge in [-0.05, 0) is 76.0 Å². The molecule has 0 aliphatic heterocycles. The first kappa shape index (κ1) is 30.5. The Morgan fingerprint density at radius 2 is 1.72 bits per heavy atom. The summed E-state index contributed by atoms with van der Waals surface area (Å²) in [5, 5.41) is 7.74. The van der Waals surface area contributed by atoms with E-state index in [2.05, 4.69) is 10.4 Å². The molecule has 226 valence electrons. The van der Waals surface area contributed by atoms with Crippen LogP contribution in [0, 0.1) is 11.3 Å². The summed E-state index contributed by atoms with van der Waals surface area (Å²) < 4.78 is 7.08. The van der Waals surface area contributed by atoms with Gasteiger partial charge in [-0.25, -0.2) is 4.68 Å². The number of esters is 1. The number of carbonyl (C=O) groups excluding carboxylic acids is 2. The highest BCUT2D eigenvalue weighted by Crippen LogP contribution is 2.49. The molecule has 0 spiro atoms. The molecule has 2 fully saturated rings. The molecule has 2 saturated carbocycles. The molecule has 1 aromatic heterocycles. The SMILES string of the molecule is CC(C)(C)OC(=O)C1(/C=C\CCNC(=O)C(c2ccc(Cn3nc(-c4ccccc4)ccc3=O)cc2)C2CCCC2)CC1. The summed E-state index contributed by atoms with van der Waals surface area (Å²) in [6.45, 7) is 6.54. The van der Waals surface area contributed by atoms with E-state index in [1.54, 1.807) is 12.1 Å². The molecule has 0 saturated heterocycles. The minimum absolute atomic E-state index is 0.0507. The van der Waals surface area contributed by atoms with Crippen LogP contribution in [0.5, 0.6) is 0 Å². The Morgan fingerprint density at radius 3 is 2.37 bits per heavy atom. The van der Waals surface area contributed by atoms with Crippen LogP contribution in [0.15, 0.2) is 83.7 Å². The van der Waals surface area contributed by atoms with Gasteiger partial charge in [-0.3, -0.25) is 14.4 Å². The molecular weight excluding hydrogens is 538 g/mol. The molecule has 1 amide bonds. The van der Waals surface area contributed by atoms with Gasteiger partial charge in [0, 0.05) is 18.2 Å². The van der Waals surface area contributed by atoms with Crippen molar-refractivity contribution in [2.45, 2.75) is 83.8 Å². The van der Waals surface area contributed by atoms with Gasteiger partial charge in [0.05, 0.1) is 23.6 Å². The lowest BCUT2D eigenvalue weighted by atomic mass is 9.83. The van der Waals surface area contributed by atoms with Gasteiger partial charge < -0.3 is 10.1 Å². The Kier molecular flexibility index (Phi) is 9.28. The van der Waals surface area contributed by atoms with E-state index >= 15 is 0 Å². The molecule has 0 bridgehead atoms. The summed E-state index contributed by atoms with van der Waals surface area (Å²) in [5.74, 6) is -0.00109. The van der Waals surface area contributed by atoms with Crippen LogP contribution >= 0.6 is 0 Å². The highest BCUT2D eigenvalue weighted by atomic mass is 16.6. The maximum atomic E-state index is 13.5. The summed E-state index contributed by atoms with van der Waals surface area (Å²) in [7, 11) is 0. The van der Waals surface area contributed by atoms with Gasteiger partial charge in [0.25, 0.3) is 5.56 Å². The molecule has 1 unspecified atom stereocenters. The lowest BCUT2D eigenvalue weighted by molar-refractivity contribution is -0.159. The lowest BCUT2D eigenvalue weighted by Gasteiger charge is -2.23. The molecule has 2 aliphatic carbocycles. The minimum atomic E-state index is -0.496. The summed E-state index contributed by atoms with van der Waals surface area (Å²) in [6, 6.07) is 21.2. The number of hydrogen-bond donors (Lipinski definition) is 1. The highest BCUT2D eigenvalue weighted by molar-refractivity contribution is 5.84. The molecule has 0 radical (unpaired) electrons. The zero-order valence-corrected chi connectivity index (χ0v) is 25.6. The van der Waals surface area contributed by atoms with Crippen LogP contribution in [-0.2, 0) is 20.9 Å². The number of rotatable bonds is 11. The third-order valence-corrected chi connectivity index (χ3v) is 8.40. The molecule has 3 aromatic rings. The number of nitrogens with zero attached hydrogens (tertiary/aromatic N) is 2. The van der Waals surface area contributed by atoms with Crippen LogP contribution in [0.2, 0.25) is 0 Å². The predicted octanol–water partition coefficient (Wildman–Crippen LogP) is 6.42. The Morgan fingerprint density at radius 1 is 1.02 bits per heavy atom. The number of aromatic nitrogens is 2. The Balaban J connectivity index is 1.21. The van der Waals surface area contributed by atoms with Gasteiger partial charge >= 0.3 is 5.97 Å². The van der Waals surface area contributed by atoms with E-state index in [1.165, 1.54) is 4.68 Å². The first-order valence-corrected chi connectivity index (χ1v) is 15.5. The molecular formula is C36H43N3O4. The molecule has 7 nitrogen and oxygen atoms in total. The second-order valence-corrected chi connectivity index (χ2v) is 13.0. The first-order valence-electron chi connectivity index (χ1n) is 15.5. The third kappa shape index (κ3) is 7.89. The van der Waals surface area contributed by atoms with Crippen molar-refractivity contribution in [1.29, 1.82) is 0 Å². The summed E-state index contributed by atoms with van der Waals surface area (Å²) in [5.41, 5.74) is 2.53. The van der Waals surface area contributed by atoms with E-state index in [9.17, 15) is 14.4 Å². The number of benzene rings is 2. The van der Waals surface area contributed by atoms with Crippen molar-refractivity contribution in [2.24, 2.45) is 11.3 Å². The van der Waals surface area contributed by atoms with Gasteiger partial charge in [0.1, 0.15) is 5.60 Å². The van der Waals surface area contributed by atoms with Crippen LogP contribution < -0.4 is 10.9 Å². The van der Waals surface area contributed by atoms with E-state index in [4.69, 9.17) is 4.74 Å². The summed E-state index contributed by atoms with van der Waals surface area (Å²) >= 11 is 0. The van der Waals surface area contributed by atoms with Crippen molar-refractivity contribution in [3.8, 4) is 11.3 Å². The second-order valence-electron chi connectivity index (χ2n) is 13.0. The fraction of sp³-hybridized carbons (Fsp3) is 0.444. The normalized spacial score (nSPS) is 17.1. The maximum Gasteiger partial charge on any atom is 0.316 e. The monoisotopic (exact) mass is 581 g/mol. The van der Waals surface area contributed by atoms with Crippen molar-refractivity contribution < 1.29 is 14.3 Å². The standard InChI is InChI=1S/C36H43N3O4/c1-35(2,3)43-34(42)36(22-23-36)21-9-10-24-37-33(41)32(28-13-7-8-14-28)29-17-15-26(16-18-29)25-39-31(40)20-19-30(38-39)27-11-5-4-6-12-27/h4-6,9,11-12,15-21,28,32H,7-8,10,13-14,22-25H2,1-3H3,(H,37,41)/b21-9-. The molecule has 1 atom stereocenters. The van der Waals surface area contributed by atoms with Crippen LogP contribution in [0.4, 0.5) is 0 Å². The zero-order chi connectivity index (χ0) is 30.5. The van der Waals surface area contributed by atoms with Crippen molar-refractivity contribution >= 4 is 11.9 Å². The molecule has 1 N–H and O–H groups in total. The molecule has 2 aliphatic rings. The maximum absolute atomic E-state index is 13.5. The zero-order valence-electron chi connectivity index (χ0n) is 25.6. The first-order chi connectivity index (χ1) is 20.6. The number of carbonyl (C=O) groups is 2.